The summed E-state index contributed by atoms with van der Waals surface area (Å²) in [6, 6.07) is 0.654. The van der Waals surface area contributed by atoms with Crippen LogP contribution in [-0.4, -0.2) is 38.5 Å². The molecule has 0 amide bonds. The van der Waals surface area contributed by atoms with Crippen LogP contribution in [0.4, 0.5) is 0 Å². The SMILES string of the molecule is COCCC(C)(C)CNC1CCOC2(CCC2)C1. The van der Waals surface area contributed by atoms with Crippen LogP contribution in [0.15, 0.2) is 0 Å². The Hall–Kier alpha value is -0.120. The van der Waals surface area contributed by atoms with Crippen LogP contribution in [0.5, 0.6) is 0 Å². The lowest BCUT2D eigenvalue weighted by atomic mass is 9.73. The molecule has 1 aliphatic carbocycles. The van der Waals surface area contributed by atoms with Crippen LogP contribution in [-0.2, 0) is 9.47 Å². The maximum absolute atomic E-state index is 5.97. The fraction of sp³-hybridized carbons (Fsp3) is 1.00. The van der Waals surface area contributed by atoms with Crippen molar-refractivity contribution in [2.24, 2.45) is 5.41 Å². The van der Waals surface area contributed by atoms with Crippen molar-refractivity contribution >= 4 is 0 Å². The monoisotopic (exact) mass is 255 g/mol. The van der Waals surface area contributed by atoms with Gasteiger partial charge in [-0.2, -0.15) is 0 Å². The molecule has 0 aromatic rings. The Bertz CT molecular complexity index is 261. The highest BCUT2D eigenvalue weighted by Crippen LogP contribution is 2.42. The molecule has 2 aliphatic rings. The Kier molecular flexibility index (Phi) is 4.68. The predicted molar refractivity (Wildman–Crippen MR) is 73.8 cm³/mol. The molecule has 1 saturated carbocycles. The Morgan fingerprint density at radius 2 is 2.17 bits per heavy atom. The quantitative estimate of drug-likeness (QED) is 0.791. The lowest BCUT2D eigenvalue weighted by Gasteiger charge is -2.47. The van der Waals surface area contributed by atoms with Crippen molar-refractivity contribution in [3.8, 4) is 0 Å². The predicted octanol–water partition coefficient (Wildman–Crippen LogP) is 2.74. The normalized spacial score (nSPS) is 27.2. The highest BCUT2D eigenvalue weighted by atomic mass is 16.5. The van der Waals surface area contributed by atoms with Gasteiger partial charge in [0.15, 0.2) is 0 Å². The molecule has 0 aromatic heterocycles. The lowest BCUT2D eigenvalue weighted by molar-refractivity contribution is -0.136. The van der Waals surface area contributed by atoms with Crippen LogP contribution in [0.2, 0.25) is 0 Å². The average Bonchev–Trinajstić information content (AvgIpc) is 2.33. The summed E-state index contributed by atoms with van der Waals surface area (Å²) in [5.41, 5.74) is 0.577. The molecule has 0 bridgehead atoms. The summed E-state index contributed by atoms with van der Waals surface area (Å²) in [6.07, 6.45) is 7.41. The minimum atomic E-state index is 0.257. The third-order valence-electron chi connectivity index (χ3n) is 4.61. The van der Waals surface area contributed by atoms with E-state index in [-0.39, 0.29) is 5.60 Å². The van der Waals surface area contributed by atoms with E-state index in [1.54, 1.807) is 7.11 Å². The minimum absolute atomic E-state index is 0.257. The van der Waals surface area contributed by atoms with E-state index < -0.39 is 0 Å². The Morgan fingerprint density at radius 1 is 1.39 bits per heavy atom. The van der Waals surface area contributed by atoms with Gasteiger partial charge in [0.2, 0.25) is 0 Å². The van der Waals surface area contributed by atoms with Crippen LogP contribution >= 0.6 is 0 Å². The zero-order chi connectivity index (χ0) is 13.1. The second kappa shape index (κ2) is 5.89. The summed E-state index contributed by atoms with van der Waals surface area (Å²) >= 11 is 0. The zero-order valence-electron chi connectivity index (χ0n) is 12.3. The zero-order valence-corrected chi connectivity index (χ0v) is 12.3. The molecule has 0 aromatic carbocycles. The molecule has 1 N–H and O–H groups in total. The van der Waals surface area contributed by atoms with Crippen molar-refractivity contribution in [3.63, 3.8) is 0 Å². The van der Waals surface area contributed by atoms with Gasteiger partial charge >= 0.3 is 0 Å². The van der Waals surface area contributed by atoms with Crippen molar-refractivity contribution in [1.29, 1.82) is 0 Å². The van der Waals surface area contributed by atoms with Gasteiger partial charge in [-0.1, -0.05) is 13.8 Å². The molecular formula is C15H29NO2. The number of methoxy groups -OCH3 is 1. The van der Waals surface area contributed by atoms with Crippen LogP contribution in [0.25, 0.3) is 0 Å². The summed E-state index contributed by atoms with van der Waals surface area (Å²) in [4.78, 5) is 0. The van der Waals surface area contributed by atoms with Gasteiger partial charge in [-0.15, -0.1) is 0 Å². The van der Waals surface area contributed by atoms with Gasteiger partial charge < -0.3 is 14.8 Å². The lowest BCUT2D eigenvalue weighted by Crippen LogP contribution is -2.52. The van der Waals surface area contributed by atoms with Gasteiger partial charge in [-0.3, -0.25) is 0 Å². The van der Waals surface area contributed by atoms with Gasteiger partial charge in [-0.05, 0) is 43.9 Å². The summed E-state index contributed by atoms with van der Waals surface area (Å²) in [5, 5.41) is 3.76. The Morgan fingerprint density at radius 3 is 2.78 bits per heavy atom. The number of ether oxygens (including phenoxy) is 2. The second-order valence-corrected chi connectivity index (χ2v) is 6.86. The molecule has 2 fully saturated rings. The molecule has 18 heavy (non-hydrogen) atoms. The number of rotatable bonds is 6. The topological polar surface area (TPSA) is 30.5 Å². The van der Waals surface area contributed by atoms with E-state index in [1.807, 2.05) is 0 Å². The van der Waals surface area contributed by atoms with Gasteiger partial charge in [0, 0.05) is 32.9 Å². The van der Waals surface area contributed by atoms with E-state index in [1.165, 1.54) is 32.1 Å². The summed E-state index contributed by atoms with van der Waals surface area (Å²) in [6.45, 7) is 7.51. The van der Waals surface area contributed by atoms with Crippen molar-refractivity contribution in [2.45, 2.75) is 64.0 Å². The maximum atomic E-state index is 5.97. The number of hydrogen-bond donors (Lipinski definition) is 1. The first-order valence-corrected chi connectivity index (χ1v) is 7.42. The van der Waals surface area contributed by atoms with E-state index in [0.717, 1.165) is 26.2 Å². The smallest absolute Gasteiger partial charge is 0.0697 e. The first-order valence-electron chi connectivity index (χ1n) is 7.42. The molecule has 106 valence electrons. The summed E-state index contributed by atoms with van der Waals surface area (Å²) in [5.74, 6) is 0. The summed E-state index contributed by atoms with van der Waals surface area (Å²) in [7, 11) is 1.78. The van der Waals surface area contributed by atoms with Gasteiger partial charge in [-0.25, -0.2) is 0 Å². The van der Waals surface area contributed by atoms with Crippen molar-refractivity contribution < 1.29 is 9.47 Å². The van der Waals surface area contributed by atoms with E-state index >= 15 is 0 Å². The molecule has 1 unspecified atom stereocenters. The molecule has 3 heteroatoms. The second-order valence-electron chi connectivity index (χ2n) is 6.86. The Balaban J connectivity index is 1.72. The van der Waals surface area contributed by atoms with Crippen LogP contribution < -0.4 is 5.32 Å². The average molecular weight is 255 g/mol. The minimum Gasteiger partial charge on any atom is -0.385 e. The van der Waals surface area contributed by atoms with E-state index in [4.69, 9.17) is 9.47 Å². The van der Waals surface area contributed by atoms with Crippen molar-refractivity contribution in [2.75, 3.05) is 26.9 Å². The molecule has 2 rings (SSSR count). The molecular weight excluding hydrogens is 226 g/mol. The molecule has 1 heterocycles. The standard InChI is InChI=1S/C15H29NO2/c1-14(2,8-10-17-3)12-16-13-5-9-18-15(11-13)6-4-7-15/h13,16H,4-12H2,1-3H3. The first kappa shape index (κ1) is 14.3. The molecule has 3 nitrogen and oxygen atoms in total. The number of hydrogen-bond acceptors (Lipinski definition) is 3. The molecule has 1 atom stereocenters. The van der Waals surface area contributed by atoms with Crippen molar-refractivity contribution in [1.82, 2.24) is 5.32 Å². The van der Waals surface area contributed by atoms with E-state index in [2.05, 4.69) is 19.2 Å². The third-order valence-corrected chi connectivity index (χ3v) is 4.61. The van der Waals surface area contributed by atoms with Crippen LogP contribution in [0.1, 0.15) is 52.4 Å². The number of nitrogens with one attached hydrogen (secondary N) is 1. The fourth-order valence-corrected chi connectivity index (χ4v) is 3.01. The van der Waals surface area contributed by atoms with Crippen LogP contribution in [0, 0.1) is 5.41 Å². The van der Waals surface area contributed by atoms with Gasteiger partial charge in [0.1, 0.15) is 0 Å². The molecule has 1 spiro atoms. The summed E-state index contributed by atoms with van der Waals surface area (Å²) < 4.78 is 11.1. The van der Waals surface area contributed by atoms with Gasteiger partial charge in [0.25, 0.3) is 0 Å². The van der Waals surface area contributed by atoms with E-state index in [9.17, 15) is 0 Å². The van der Waals surface area contributed by atoms with Crippen LogP contribution in [0.3, 0.4) is 0 Å². The van der Waals surface area contributed by atoms with E-state index in [0.29, 0.717) is 11.5 Å². The maximum Gasteiger partial charge on any atom is 0.0697 e. The molecule has 0 radical (unpaired) electrons. The molecule has 1 aliphatic heterocycles. The third kappa shape index (κ3) is 3.69. The first-order chi connectivity index (χ1) is 8.55. The fourth-order valence-electron chi connectivity index (χ4n) is 3.01. The highest BCUT2D eigenvalue weighted by Gasteiger charge is 2.42. The van der Waals surface area contributed by atoms with Gasteiger partial charge in [0.05, 0.1) is 5.60 Å². The van der Waals surface area contributed by atoms with Crippen molar-refractivity contribution in [3.05, 3.63) is 0 Å². The molecule has 1 saturated heterocycles. The highest BCUT2D eigenvalue weighted by molar-refractivity contribution is 4.96. The largest absolute Gasteiger partial charge is 0.385 e. The Labute approximate surface area is 112 Å².